The predicted molar refractivity (Wildman–Crippen MR) is 126 cm³/mol. The molecule has 0 atom stereocenters. The van der Waals surface area contributed by atoms with Crippen LogP contribution in [-0.4, -0.2) is 21.2 Å². The fourth-order valence-corrected chi connectivity index (χ4v) is 4.93. The van der Waals surface area contributed by atoms with E-state index in [2.05, 4.69) is 5.32 Å². The molecule has 2 heterocycles. The van der Waals surface area contributed by atoms with Gasteiger partial charge in [-0.3, -0.25) is 14.2 Å². The number of nitrogens with zero attached hydrogens (tertiary/aromatic N) is 2. The van der Waals surface area contributed by atoms with Crippen molar-refractivity contribution in [2.24, 2.45) is 7.05 Å². The number of halogens is 1. The Bertz CT molecular complexity index is 1340. The van der Waals surface area contributed by atoms with Gasteiger partial charge in [0.2, 0.25) is 5.91 Å². The Labute approximate surface area is 187 Å². The molecule has 0 aliphatic rings. The molecule has 31 heavy (non-hydrogen) atoms. The van der Waals surface area contributed by atoms with Crippen LogP contribution in [0.5, 0.6) is 0 Å². The Kier molecular flexibility index (Phi) is 5.93. The number of hydrogen-bond donors (Lipinski definition) is 1. The number of anilines is 1. The largest absolute Gasteiger partial charge is 0.325 e. The molecule has 0 saturated carbocycles. The average Bonchev–Trinajstić information content (AvgIpc) is 3.16. The first-order chi connectivity index (χ1) is 14.8. The van der Waals surface area contributed by atoms with Crippen LogP contribution in [-0.2, 0) is 11.8 Å². The summed E-state index contributed by atoms with van der Waals surface area (Å²) >= 11 is 2.57. The smallest absolute Gasteiger partial charge is 0.271 e. The standard InChI is InChI=1S/C23H20FN3O2S2/c1-13-4-6-15(7-5-13)17-11-30-21-20(17)26-23(27(3)22(21)29)31-12-19(28)25-18-9-8-16(24)10-14(18)2/h4-11H,12H2,1-3H3,(H,25,28). The normalized spacial score (nSPS) is 11.1. The van der Waals surface area contributed by atoms with Crippen LogP contribution in [0.1, 0.15) is 11.1 Å². The van der Waals surface area contributed by atoms with E-state index in [1.54, 1.807) is 14.0 Å². The molecule has 4 aromatic rings. The molecule has 0 unspecified atom stereocenters. The second-order valence-corrected chi connectivity index (χ2v) is 9.07. The second-order valence-electron chi connectivity index (χ2n) is 7.25. The first-order valence-electron chi connectivity index (χ1n) is 9.57. The molecule has 0 aliphatic carbocycles. The molecule has 2 aromatic heterocycles. The zero-order valence-electron chi connectivity index (χ0n) is 17.2. The van der Waals surface area contributed by atoms with E-state index >= 15 is 0 Å². The summed E-state index contributed by atoms with van der Waals surface area (Å²) in [4.78, 5) is 30.0. The number of fused-ring (bicyclic) bond motifs is 1. The average molecular weight is 454 g/mol. The maximum Gasteiger partial charge on any atom is 0.271 e. The topological polar surface area (TPSA) is 64.0 Å². The monoisotopic (exact) mass is 453 g/mol. The molecule has 5 nitrogen and oxygen atoms in total. The maximum atomic E-state index is 13.3. The van der Waals surface area contributed by atoms with Gasteiger partial charge < -0.3 is 5.32 Å². The van der Waals surface area contributed by atoms with Crippen molar-refractivity contribution in [1.82, 2.24) is 9.55 Å². The van der Waals surface area contributed by atoms with Crippen LogP contribution in [0, 0.1) is 19.7 Å². The van der Waals surface area contributed by atoms with Gasteiger partial charge in [-0.1, -0.05) is 41.6 Å². The minimum absolute atomic E-state index is 0.0760. The third kappa shape index (κ3) is 4.40. The van der Waals surface area contributed by atoms with Crippen molar-refractivity contribution in [3.8, 4) is 11.1 Å². The number of thioether (sulfide) groups is 1. The number of aromatic nitrogens is 2. The number of nitrogens with one attached hydrogen (secondary N) is 1. The van der Waals surface area contributed by atoms with Crippen molar-refractivity contribution in [3.63, 3.8) is 0 Å². The van der Waals surface area contributed by atoms with Crippen LogP contribution in [0.15, 0.2) is 57.8 Å². The van der Waals surface area contributed by atoms with Crippen LogP contribution in [0.3, 0.4) is 0 Å². The summed E-state index contributed by atoms with van der Waals surface area (Å²) in [5.74, 6) is -0.525. The van der Waals surface area contributed by atoms with Crippen LogP contribution >= 0.6 is 23.1 Å². The van der Waals surface area contributed by atoms with E-state index in [1.165, 1.54) is 45.9 Å². The zero-order chi connectivity index (χ0) is 22.1. The maximum absolute atomic E-state index is 13.3. The minimum atomic E-state index is -0.350. The van der Waals surface area contributed by atoms with Crippen molar-refractivity contribution in [1.29, 1.82) is 0 Å². The Morgan fingerprint density at radius 3 is 2.65 bits per heavy atom. The second kappa shape index (κ2) is 8.64. The predicted octanol–water partition coefficient (Wildman–Crippen LogP) is 5.15. The summed E-state index contributed by atoms with van der Waals surface area (Å²) in [6.45, 7) is 3.75. The molecule has 0 saturated heterocycles. The van der Waals surface area contributed by atoms with E-state index in [9.17, 15) is 14.0 Å². The van der Waals surface area contributed by atoms with E-state index in [-0.39, 0.29) is 23.0 Å². The van der Waals surface area contributed by atoms with Crippen molar-refractivity contribution < 1.29 is 9.18 Å². The number of aryl methyl sites for hydroxylation is 2. The Balaban J connectivity index is 1.59. The number of carbonyl (C=O) groups excluding carboxylic acids is 1. The number of rotatable bonds is 5. The van der Waals surface area contributed by atoms with Gasteiger partial charge in [0.1, 0.15) is 10.5 Å². The van der Waals surface area contributed by atoms with Crippen molar-refractivity contribution in [3.05, 3.63) is 75.1 Å². The van der Waals surface area contributed by atoms with Crippen molar-refractivity contribution >= 4 is 44.9 Å². The molecule has 4 rings (SSSR count). The molecule has 0 aliphatic heterocycles. The summed E-state index contributed by atoms with van der Waals surface area (Å²) < 4.78 is 15.3. The lowest BCUT2D eigenvalue weighted by molar-refractivity contribution is -0.113. The van der Waals surface area contributed by atoms with Gasteiger partial charge in [-0.05, 0) is 43.2 Å². The first kappa shape index (κ1) is 21.3. The van der Waals surface area contributed by atoms with Crippen molar-refractivity contribution in [2.75, 3.05) is 11.1 Å². The molecule has 2 aromatic carbocycles. The number of benzene rings is 2. The molecular weight excluding hydrogens is 433 g/mol. The van der Waals surface area contributed by atoms with Crippen LogP contribution in [0.25, 0.3) is 21.3 Å². The lowest BCUT2D eigenvalue weighted by Crippen LogP contribution is -2.21. The van der Waals surface area contributed by atoms with E-state index in [0.29, 0.717) is 26.6 Å². The highest BCUT2D eigenvalue weighted by molar-refractivity contribution is 7.99. The van der Waals surface area contributed by atoms with Crippen LogP contribution in [0.2, 0.25) is 0 Å². The third-order valence-electron chi connectivity index (χ3n) is 4.92. The Morgan fingerprint density at radius 1 is 1.19 bits per heavy atom. The number of carbonyl (C=O) groups is 1. The number of hydrogen-bond acceptors (Lipinski definition) is 5. The lowest BCUT2D eigenvalue weighted by atomic mass is 10.1. The SMILES string of the molecule is Cc1ccc(-c2csc3c(=O)n(C)c(SCC(=O)Nc4ccc(F)cc4C)nc23)cc1. The Morgan fingerprint density at radius 2 is 1.94 bits per heavy atom. The zero-order valence-corrected chi connectivity index (χ0v) is 18.9. The van der Waals surface area contributed by atoms with Gasteiger partial charge in [-0.25, -0.2) is 9.37 Å². The van der Waals surface area contributed by atoms with E-state index < -0.39 is 0 Å². The van der Waals surface area contributed by atoms with Gasteiger partial charge in [0.25, 0.3) is 5.56 Å². The third-order valence-corrected chi connectivity index (χ3v) is 6.90. The summed E-state index contributed by atoms with van der Waals surface area (Å²) in [6, 6.07) is 12.3. The molecule has 0 fully saturated rings. The molecule has 0 bridgehead atoms. The summed E-state index contributed by atoms with van der Waals surface area (Å²) in [5.41, 5.74) is 4.78. The molecule has 8 heteroatoms. The molecule has 0 spiro atoms. The van der Waals surface area contributed by atoms with Gasteiger partial charge in [-0.2, -0.15) is 0 Å². The molecule has 158 valence electrons. The van der Waals surface area contributed by atoms with E-state index in [4.69, 9.17) is 4.98 Å². The highest BCUT2D eigenvalue weighted by Gasteiger charge is 2.16. The molecule has 1 amide bonds. The highest BCUT2D eigenvalue weighted by atomic mass is 32.2. The van der Waals surface area contributed by atoms with Gasteiger partial charge in [0.15, 0.2) is 5.16 Å². The quantitative estimate of drug-likeness (QED) is 0.335. The minimum Gasteiger partial charge on any atom is -0.325 e. The van der Waals surface area contributed by atoms with Gasteiger partial charge in [0, 0.05) is 23.7 Å². The number of amides is 1. The molecular formula is C23H20FN3O2S2. The highest BCUT2D eigenvalue weighted by Crippen LogP contribution is 2.32. The fraction of sp³-hybridized carbons (Fsp3) is 0.174. The van der Waals surface area contributed by atoms with Gasteiger partial charge >= 0.3 is 0 Å². The van der Waals surface area contributed by atoms with Crippen molar-refractivity contribution in [2.45, 2.75) is 19.0 Å². The summed E-state index contributed by atoms with van der Waals surface area (Å²) in [6.07, 6.45) is 0. The van der Waals surface area contributed by atoms with Gasteiger partial charge in [-0.15, -0.1) is 11.3 Å². The van der Waals surface area contributed by atoms with Crippen LogP contribution in [0.4, 0.5) is 10.1 Å². The van der Waals surface area contributed by atoms with Crippen LogP contribution < -0.4 is 10.9 Å². The number of thiophene rings is 1. The van der Waals surface area contributed by atoms with E-state index in [1.807, 2.05) is 36.6 Å². The van der Waals surface area contributed by atoms with E-state index in [0.717, 1.165) is 16.7 Å². The fourth-order valence-electron chi connectivity index (χ4n) is 3.18. The van der Waals surface area contributed by atoms with Gasteiger partial charge in [0.05, 0.1) is 11.3 Å². The molecule has 1 N–H and O–H groups in total. The lowest BCUT2D eigenvalue weighted by Gasteiger charge is -2.10. The first-order valence-corrected chi connectivity index (χ1v) is 11.4. The molecule has 0 radical (unpaired) electrons. The summed E-state index contributed by atoms with van der Waals surface area (Å²) in [7, 11) is 1.66. The Hall–Kier alpha value is -2.97. The summed E-state index contributed by atoms with van der Waals surface area (Å²) in [5, 5.41) is 5.19.